The molecule has 0 aliphatic heterocycles. The molecule has 2 heteroatoms. The highest BCUT2D eigenvalue weighted by Gasteiger charge is 2.37. The molecule has 0 saturated heterocycles. The molecule has 84 valence electrons. The fraction of sp³-hybridized carbons (Fsp3) is 1.00. The molecule has 0 aromatic rings. The van der Waals surface area contributed by atoms with E-state index in [0.717, 1.165) is 0 Å². The summed E-state index contributed by atoms with van der Waals surface area (Å²) < 4.78 is 5.85. The predicted octanol–water partition coefficient (Wildman–Crippen LogP) is 4.34. The van der Waals surface area contributed by atoms with Crippen molar-refractivity contribution in [2.45, 2.75) is 71.0 Å². The largest absolute Gasteiger partial charge is 0.356 e. The SMILES string of the molecule is CC(C)(C)OC(Cl)C1(C)CCCCC1. The number of ether oxygens (including phenoxy) is 1. The quantitative estimate of drug-likeness (QED) is 0.627. The molecule has 0 amide bonds. The van der Waals surface area contributed by atoms with Crippen molar-refractivity contribution >= 4 is 11.6 Å². The van der Waals surface area contributed by atoms with Crippen LogP contribution >= 0.6 is 11.6 Å². The van der Waals surface area contributed by atoms with Gasteiger partial charge < -0.3 is 4.74 Å². The summed E-state index contributed by atoms with van der Waals surface area (Å²) in [7, 11) is 0. The Kier molecular flexibility index (Phi) is 3.87. The van der Waals surface area contributed by atoms with Crippen molar-refractivity contribution in [1.82, 2.24) is 0 Å². The molecule has 14 heavy (non-hydrogen) atoms. The van der Waals surface area contributed by atoms with E-state index in [1.807, 2.05) is 0 Å². The molecular formula is C12H23ClO. The molecule has 0 aromatic carbocycles. The Morgan fingerprint density at radius 3 is 2.07 bits per heavy atom. The Labute approximate surface area is 93.2 Å². The normalized spacial score (nSPS) is 24.6. The first-order chi connectivity index (χ1) is 6.33. The van der Waals surface area contributed by atoms with E-state index >= 15 is 0 Å². The van der Waals surface area contributed by atoms with Crippen molar-refractivity contribution in [3.63, 3.8) is 0 Å². The molecule has 1 fully saturated rings. The van der Waals surface area contributed by atoms with Crippen LogP contribution in [0.5, 0.6) is 0 Å². The van der Waals surface area contributed by atoms with Gasteiger partial charge in [0, 0.05) is 5.41 Å². The molecule has 0 bridgehead atoms. The predicted molar refractivity (Wildman–Crippen MR) is 61.7 cm³/mol. The average Bonchev–Trinajstić information content (AvgIpc) is 2.02. The van der Waals surface area contributed by atoms with Gasteiger partial charge in [-0.25, -0.2) is 0 Å². The number of alkyl halides is 1. The van der Waals surface area contributed by atoms with E-state index in [-0.39, 0.29) is 16.6 Å². The number of hydrogen-bond donors (Lipinski definition) is 0. The van der Waals surface area contributed by atoms with Crippen LogP contribution in [-0.4, -0.2) is 11.2 Å². The highest BCUT2D eigenvalue weighted by atomic mass is 35.5. The zero-order valence-corrected chi connectivity index (χ0v) is 10.7. The van der Waals surface area contributed by atoms with Crippen molar-refractivity contribution in [3.05, 3.63) is 0 Å². The maximum atomic E-state index is 6.36. The minimum Gasteiger partial charge on any atom is -0.356 e. The fourth-order valence-electron chi connectivity index (χ4n) is 2.04. The molecular weight excluding hydrogens is 196 g/mol. The topological polar surface area (TPSA) is 9.23 Å². The van der Waals surface area contributed by atoms with Gasteiger partial charge in [0.15, 0.2) is 0 Å². The first kappa shape index (κ1) is 12.3. The third kappa shape index (κ3) is 3.43. The van der Waals surface area contributed by atoms with Gasteiger partial charge in [-0.1, -0.05) is 37.8 Å². The third-order valence-electron chi connectivity index (χ3n) is 3.00. The lowest BCUT2D eigenvalue weighted by Crippen LogP contribution is -2.37. The number of rotatable bonds is 2. The van der Waals surface area contributed by atoms with E-state index < -0.39 is 0 Å². The van der Waals surface area contributed by atoms with Gasteiger partial charge in [0.05, 0.1) is 5.60 Å². The molecule has 1 nitrogen and oxygen atoms in total. The Balaban J connectivity index is 2.53. The molecule has 0 aromatic heterocycles. The lowest BCUT2D eigenvalue weighted by Gasteiger charge is -2.40. The van der Waals surface area contributed by atoms with E-state index in [0.29, 0.717) is 0 Å². The monoisotopic (exact) mass is 218 g/mol. The van der Waals surface area contributed by atoms with Crippen molar-refractivity contribution < 1.29 is 4.74 Å². The Hall–Kier alpha value is 0.250. The Bertz CT molecular complexity index is 177. The Morgan fingerprint density at radius 2 is 1.64 bits per heavy atom. The summed E-state index contributed by atoms with van der Waals surface area (Å²) in [4.78, 5) is 0. The van der Waals surface area contributed by atoms with Crippen LogP contribution in [0.2, 0.25) is 0 Å². The van der Waals surface area contributed by atoms with Gasteiger partial charge in [-0.05, 0) is 33.6 Å². The molecule has 1 unspecified atom stereocenters. The summed E-state index contributed by atoms with van der Waals surface area (Å²) in [6.45, 7) is 8.45. The Morgan fingerprint density at radius 1 is 1.14 bits per heavy atom. The van der Waals surface area contributed by atoms with Crippen LogP contribution in [-0.2, 0) is 4.74 Å². The summed E-state index contributed by atoms with van der Waals surface area (Å²) in [5.41, 5.74) is -0.0808. The molecule has 0 radical (unpaired) electrons. The standard InChI is InChI=1S/C12H23ClO/c1-11(2,3)14-10(13)12(4)8-6-5-7-9-12/h10H,5-9H2,1-4H3. The summed E-state index contributed by atoms with van der Waals surface area (Å²) in [6, 6.07) is 0. The van der Waals surface area contributed by atoms with E-state index in [9.17, 15) is 0 Å². The van der Waals surface area contributed by atoms with Crippen LogP contribution in [0.1, 0.15) is 59.8 Å². The van der Waals surface area contributed by atoms with Gasteiger partial charge in [-0.2, -0.15) is 0 Å². The van der Waals surface area contributed by atoms with Gasteiger partial charge in [0.1, 0.15) is 5.56 Å². The van der Waals surface area contributed by atoms with Crippen LogP contribution in [0.15, 0.2) is 0 Å². The van der Waals surface area contributed by atoms with Crippen LogP contribution in [0, 0.1) is 5.41 Å². The van der Waals surface area contributed by atoms with Crippen LogP contribution in [0.25, 0.3) is 0 Å². The molecule has 0 heterocycles. The van der Waals surface area contributed by atoms with Crippen molar-refractivity contribution in [1.29, 1.82) is 0 Å². The lowest BCUT2D eigenvalue weighted by molar-refractivity contribution is -0.0821. The lowest BCUT2D eigenvalue weighted by atomic mass is 9.76. The zero-order chi connectivity index (χ0) is 10.8. The van der Waals surface area contributed by atoms with Gasteiger partial charge in [0.2, 0.25) is 0 Å². The molecule has 1 atom stereocenters. The second-order valence-electron chi connectivity index (χ2n) is 5.76. The van der Waals surface area contributed by atoms with Crippen LogP contribution in [0.4, 0.5) is 0 Å². The molecule has 1 aliphatic rings. The van der Waals surface area contributed by atoms with Gasteiger partial charge >= 0.3 is 0 Å². The fourth-order valence-corrected chi connectivity index (χ4v) is 2.52. The molecule has 0 N–H and O–H groups in total. The summed E-state index contributed by atoms with van der Waals surface area (Å²) in [5.74, 6) is 0. The molecule has 0 spiro atoms. The van der Waals surface area contributed by atoms with Gasteiger partial charge in [-0.15, -0.1) is 0 Å². The maximum absolute atomic E-state index is 6.36. The highest BCUT2D eigenvalue weighted by molar-refractivity contribution is 6.20. The van der Waals surface area contributed by atoms with E-state index in [2.05, 4.69) is 27.7 Å². The second kappa shape index (κ2) is 4.40. The zero-order valence-electron chi connectivity index (χ0n) is 9.90. The number of halogens is 1. The second-order valence-corrected chi connectivity index (χ2v) is 6.16. The van der Waals surface area contributed by atoms with E-state index in [1.165, 1.54) is 32.1 Å². The maximum Gasteiger partial charge on any atom is 0.137 e. The van der Waals surface area contributed by atoms with E-state index in [4.69, 9.17) is 16.3 Å². The molecule has 1 saturated carbocycles. The minimum absolute atomic E-state index is 0.132. The van der Waals surface area contributed by atoms with Gasteiger partial charge in [-0.3, -0.25) is 0 Å². The first-order valence-electron chi connectivity index (χ1n) is 5.65. The van der Waals surface area contributed by atoms with Crippen molar-refractivity contribution in [2.24, 2.45) is 5.41 Å². The van der Waals surface area contributed by atoms with Crippen molar-refractivity contribution in [3.8, 4) is 0 Å². The highest BCUT2D eigenvalue weighted by Crippen LogP contribution is 2.42. The van der Waals surface area contributed by atoms with Crippen LogP contribution < -0.4 is 0 Å². The molecule has 1 rings (SSSR count). The van der Waals surface area contributed by atoms with Gasteiger partial charge in [0.25, 0.3) is 0 Å². The minimum atomic E-state index is -0.136. The first-order valence-corrected chi connectivity index (χ1v) is 6.09. The number of hydrogen-bond acceptors (Lipinski definition) is 1. The summed E-state index contributed by atoms with van der Waals surface area (Å²) >= 11 is 6.36. The van der Waals surface area contributed by atoms with E-state index in [1.54, 1.807) is 0 Å². The average molecular weight is 219 g/mol. The smallest absolute Gasteiger partial charge is 0.137 e. The molecule has 1 aliphatic carbocycles. The van der Waals surface area contributed by atoms with Crippen LogP contribution in [0.3, 0.4) is 0 Å². The summed E-state index contributed by atoms with van der Waals surface area (Å²) in [5, 5.41) is 0. The third-order valence-corrected chi connectivity index (χ3v) is 3.62. The summed E-state index contributed by atoms with van der Waals surface area (Å²) in [6.07, 6.45) is 6.36. The van der Waals surface area contributed by atoms with Crippen molar-refractivity contribution in [2.75, 3.05) is 0 Å².